The molecule has 0 radical (unpaired) electrons. The van der Waals surface area contributed by atoms with Crippen LogP contribution in [0.1, 0.15) is 27.9 Å². The van der Waals surface area contributed by atoms with Crippen LogP contribution in [0.25, 0.3) is 0 Å². The van der Waals surface area contributed by atoms with Gasteiger partial charge in [0.1, 0.15) is 11.6 Å². The summed E-state index contributed by atoms with van der Waals surface area (Å²) in [7, 11) is 0. The van der Waals surface area contributed by atoms with Gasteiger partial charge in [-0.1, -0.05) is 0 Å². The molecule has 1 fully saturated rings. The third-order valence-electron chi connectivity index (χ3n) is 4.76. The minimum Gasteiger partial charge on any atom is -0.336 e. The third kappa shape index (κ3) is 4.24. The van der Waals surface area contributed by atoms with Gasteiger partial charge in [0.05, 0.1) is 5.56 Å². The van der Waals surface area contributed by atoms with E-state index in [2.05, 4.69) is 5.32 Å². The molecule has 1 saturated heterocycles. The molecule has 0 unspecified atom stereocenters. The summed E-state index contributed by atoms with van der Waals surface area (Å²) in [5.41, 5.74) is 4.71. The lowest BCUT2D eigenvalue weighted by molar-refractivity contribution is -0.158. The van der Waals surface area contributed by atoms with E-state index in [4.69, 9.17) is 5.73 Å². The van der Waals surface area contributed by atoms with Crippen molar-refractivity contribution >= 4 is 17.5 Å². The molecule has 0 bridgehead atoms. The lowest BCUT2D eigenvalue weighted by Gasteiger charge is -2.23. The van der Waals surface area contributed by atoms with Gasteiger partial charge >= 0.3 is 5.92 Å². The van der Waals surface area contributed by atoms with E-state index in [1.165, 1.54) is 19.1 Å². The number of nitrogens with zero attached hydrogens (tertiary/aromatic N) is 1. The van der Waals surface area contributed by atoms with Crippen molar-refractivity contribution in [2.45, 2.75) is 25.3 Å². The smallest absolute Gasteiger partial charge is 0.336 e. The molecule has 0 saturated carbocycles. The highest BCUT2D eigenvalue weighted by Gasteiger charge is 2.47. The number of alkyl halides is 2. The summed E-state index contributed by atoms with van der Waals surface area (Å²) in [6, 6.07) is 5.79. The van der Waals surface area contributed by atoms with Crippen LogP contribution in [0.2, 0.25) is 0 Å². The quantitative estimate of drug-likeness (QED) is 0.762. The molecule has 2 amide bonds. The van der Waals surface area contributed by atoms with Crippen LogP contribution in [-0.2, 0) is 10.7 Å². The number of carbonyl (C=O) groups excluding carboxylic acids is 2. The number of rotatable bonds is 4. The number of nitrogens with two attached hydrogens (primary N) is 1. The molecule has 1 heterocycles. The van der Waals surface area contributed by atoms with Crippen LogP contribution in [0.15, 0.2) is 36.4 Å². The number of nitrogens with one attached hydrogen (secondary N) is 1. The van der Waals surface area contributed by atoms with E-state index in [1.807, 2.05) is 0 Å². The Morgan fingerprint density at radius 1 is 1.14 bits per heavy atom. The van der Waals surface area contributed by atoms with Gasteiger partial charge in [-0.05, 0) is 55.3 Å². The van der Waals surface area contributed by atoms with Gasteiger partial charge in [0.15, 0.2) is 0 Å². The first-order valence-corrected chi connectivity index (χ1v) is 8.90. The largest absolute Gasteiger partial charge is 0.352 e. The molecular formula is C20H19F4N3O2. The van der Waals surface area contributed by atoms with Gasteiger partial charge in [-0.3, -0.25) is 9.59 Å². The number of carbonyl (C=O) groups is 2. The second-order valence-corrected chi connectivity index (χ2v) is 6.99. The van der Waals surface area contributed by atoms with Crippen molar-refractivity contribution in [2.24, 2.45) is 5.73 Å². The van der Waals surface area contributed by atoms with Crippen molar-refractivity contribution in [1.29, 1.82) is 0 Å². The first-order valence-electron chi connectivity index (χ1n) is 8.90. The van der Waals surface area contributed by atoms with E-state index < -0.39 is 41.0 Å². The Hall–Kier alpha value is -2.94. The fraction of sp³-hybridized carbons (Fsp3) is 0.300. The Morgan fingerprint density at radius 2 is 1.83 bits per heavy atom. The molecule has 1 aliphatic rings. The van der Waals surface area contributed by atoms with Gasteiger partial charge in [0, 0.05) is 30.4 Å². The van der Waals surface area contributed by atoms with E-state index in [9.17, 15) is 27.2 Å². The van der Waals surface area contributed by atoms with Crippen molar-refractivity contribution in [3.63, 3.8) is 0 Å². The van der Waals surface area contributed by atoms with Crippen LogP contribution in [-0.4, -0.2) is 35.8 Å². The normalized spacial score (nSPS) is 16.8. The van der Waals surface area contributed by atoms with Gasteiger partial charge in [0.25, 0.3) is 11.8 Å². The van der Waals surface area contributed by atoms with Crippen LogP contribution < -0.4 is 11.1 Å². The molecule has 0 aromatic heterocycles. The van der Waals surface area contributed by atoms with Gasteiger partial charge < -0.3 is 16.0 Å². The van der Waals surface area contributed by atoms with E-state index >= 15 is 0 Å². The van der Waals surface area contributed by atoms with Crippen LogP contribution in [0, 0.1) is 18.6 Å². The Labute approximate surface area is 164 Å². The van der Waals surface area contributed by atoms with Crippen LogP contribution in [0.4, 0.5) is 23.2 Å². The molecule has 29 heavy (non-hydrogen) atoms. The minimum atomic E-state index is -4.16. The predicted octanol–water partition coefficient (Wildman–Crippen LogP) is 3.18. The summed E-state index contributed by atoms with van der Waals surface area (Å²) >= 11 is 0. The fourth-order valence-corrected chi connectivity index (χ4v) is 3.12. The van der Waals surface area contributed by atoms with Crippen LogP contribution in [0.5, 0.6) is 0 Å². The summed E-state index contributed by atoms with van der Waals surface area (Å²) in [5.74, 6) is -8.29. The van der Waals surface area contributed by atoms with E-state index in [1.54, 1.807) is 0 Å². The lowest BCUT2D eigenvalue weighted by Crippen LogP contribution is -2.42. The Balaban J connectivity index is 1.85. The zero-order chi connectivity index (χ0) is 21.3. The van der Waals surface area contributed by atoms with E-state index in [0.717, 1.165) is 17.0 Å². The average molecular weight is 409 g/mol. The van der Waals surface area contributed by atoms with E-state index in [0.29, 0.717) is 18.6 Å². The first kappa shape index (κ1) is 20.8. The second-order valence-electron chi connectivity index (χ2n) is 6.99. The van der Waals surface area contributed by atoms with Crippen molar-refractivity contribution in [1.82, 2.24) is 4.90 Å². The second kappa shape index (κ2) is 7.82. The summed E-state index contributed by atoms with van der Waals surface area (Å²) in [5, 5.41) is 2.43. The monoisotopic (exact) mass is 409 g/mol. The molecule has 3 N–H and O–H groups in total. The molecule has 1 atom stereocenters. The zero-order valence-corrected chi connectivity index (χ0v) is 15.5. The summed E-state index contributed by atoms with van der Waals surface area (Å²) in [6.45, 7) is 1.51. The number of anilines is 1. The van der Waals surface area contributed by atoms with Crippen molar-refractivity contribution in [3.05, 3.63) is 64.7 Å². The summed E-state index contributed by atoms with van der Waals surface area (Å²) in [6.07, 6.45) is 0.379. The van der Waals surface area contributed by atoms with Crippen molar-refractivity contribution in [3.8, 4) is 0 Å². The molecule has 154 valence electrons. The minimum absolute atomic E-state index is 0.0415. The first-order chi connectivity index (χ1) is 13.6. The molecule has 3 rings (SSSR count). The lowest BCUT2D eigenvalue weighted by atomic mass is 10.0. The number of amides is 2. The molecule has 0 spiro atoms. The SMILES string of the molecule is Cc1cc(NC(=O)c2ccc(F)c(C(F)(F)C(=O)N3CC[C@H](N)C3)c2)ccc1F. The maximum Gasteiger partial charge on any atom is 0.352 e. The highest BCUT2D eigenvalue weighted by molar-refractivity contribution is 6.04. The zero-order valence-electron chi connectivity index (χ0n) is 15.5. The molecule has 9 heteroatoms. The maximum atomic E-state index is 14.7. The maximum absolute atomic E-state index is 14.7. The number of hydrogen-bond acceptors (Lipinski definition) is 3. The van der Waals surface area contributed by atoms with Crippen LogP contribution in [0.3, 0.4) is 0 Å². The molecule has 1 aliphatic heterocycles. The van der Waals surface area contributed by atoms with Crippen molar-refractivity contribution < 1.29 is 27.2 Å². The number of benzene rings is 2. The van der Waals surface area contributed by atoms with Gasteiger partial charge in [-0.25, -0.2) is 8.78 Å². The molecular weight excluding hydrogens is 390 g/mol. The average Bonchev–Trinajstić information content (AvgIpc) is 3.10. The number of aryl methyl sites for hydroxylation is 1. The number of likely N-dealkylation sites (tertiary alicyclic amines) is 1. The molecule has 5 nitrogen and oxygen atoms in total. The fourth-order valence-electron chi connectivity index (χ4n) is 3.12. The molecule has 2 aromatic rings. The van der Waals surface area contributed by atoms with Gasteiger partial charge in [-0.2, -0.15) is 8.78 Å². The summed E-state index contributed by atoms with van der Waals surface area (Å²) < 4.78 is 56.9. The standard InChI is InChI=1S/C20H19F4N3O2/c1-11-8-14(3-5-16(11)21)26-18(28)12-2-4-17(22)15(9-12)20(23,24)19(29)27-7-6-13(25)10-27/h2-5,8-9,13H,6-7,10,25H2,1H3,(H,26,28)/t13-/m0/s1. The highest BCUT2D eigenvalue weighted by atomic mass is 19.3. The van der Waals surface area contributed by atoms with E-state index in [-0.39, 0.29) is 29.9 Å². The highest BCUT2D eigenvalue weighted by Crippen LogP contribution is 2.34. The Bertz CT molecular complexity index is 965. The third-order valence-corrected chi connectivity index (χ3v) is 4.76. The molecule has 0 aliphatic carbocycles. The Kier molecular flexibility index (Phi) is 5.61. The summed E-state index contributed by atoms with van der Waals surface area (Å²) in [4.78, 5) is 25.5. The topological polar surface area (TPSA) is 75.4 Å². The Morgan fingerprint density at radius 3 is 2.45 bits per heavy atom. The van der Waals surface area contributed by atoms with Gasteiger partial charge in [-0.15, -0.1) is 0 Å². The van der Waals surface area contributed by atoms with Gasteiger partial charge in [0.2, 0.25) is 0 Å². The number of halogens is 4. The van der Waals surface area contributed by atoms with Crippen molar-refractivity contribution in [2.75, 3.05) is 18.4 Å². The molecule has 2 aromatic carbocycles. The van der Waals surface area contributed by atoms with Crippen LogP contribution >= 0.6 is 0 Å². The number of hydrogen-bond donors (Lipinski definition) is 2. The predicted molar refractivity (Wildman–Crippen MR) is 98.6 cm³/mol.